The van der Waals surface area contributed by atoms with E-state index >= 15 is 0 Å². The molecule has 1 aliphatic rings. The lowest BCUT2D eigenvalue weighted by Crippen LogP contribution is -2.42. The van der Waals surface area contributed by atoms with Crippen molar-refractivity contribution in [1.82, 2.24) is 19.7 Å². The number of ether oxygens (including phenoxy) is 2. The zero-order valence-corrected chi connectivity index (χ0v) is 29.3. The smallest absolute Gasteiger partial charge is 0.302 e. The number of hydrogen-bond donors (Lipinski definition) is 1. The van der Waals surface area contributed by atoms with Crippen molar-refractivity contribution in [3.05, 3.63) is 89.9 Å². The maximum Gasteiger partial charge on any atom is 0.302 e. The molecule has 1 atom stereocenters. The standard InChI is InChI=1S/C37H46N4O5Si/c1-26(24-45-27(2)42)29-10-8-28(9-11-29)25-46-32-14-12-30(13-15-32)33-34(31-16-19-38-20-17-31)39-41-23-22-40(36(43)35(33)41)21-7-18-37(3,4)47(5,6)44/h8-17,19-20,26,44H,7,18,21-25H2,1-6H3. The average molecular weight is 655 g/mol. The van der Waals surface area contributed by atoms with E-state index in [2.05, 4.69) is 18.8 Å². The molecule has 0 bridgehead atoms. The molecule has 2 aromatic heterocycles. The third-order valence-electron chi connectivity index (χ3n) is 9.50. The largest absolute Gasteiger partial charge is 0.489 e. The van der Waals surface area contributed by atoms with Gasteiger partial charge in [-0.25, -0.2) is 0 Å². The van der Waals surface area contributed by atoms with Crippen molar-refractivity contribution < 1.29 is 23.9 Å². The number of esters is 1. The molecule has 1 unspecified atom stereocenters. The zero-order valence-electron chi connectivity index (χ0n) is 28.3. The lowest BCUT2D eigenvalue weighted by molar-refractivity contribution is -0.141. The highest BCUT2D eigenvalue weighted by Crippen LogP contribution is 2.40. The number of carbonyl (C=O) groups is 2. The molecule has 10 heteroatoms. The normalized spacial score (nSPS) is 14.1. The number of aromatic nitrogens is 3. The summed E-state index contributed by atoms with van der Waals surface area (Å²) in [7, 11) is -2.32. The van der Waals surface area contributed by atoms with E-state index in [0.29, 0.717) is 38.5 Å². The Bertz CT molecular complexity index is 1680. The first-order valence-electron chi connectivity index (χ1n) is 16.3. The topological polar surface area (TPSA) is 107 Å². The van der Waals surface area contributed by atoms with Gasteiger partial charge in [0.1, 0.15) is 23.7 Å². The van der Waals surface area contributed by atoms with Crippen LogP contribution in [0.3, 0.4) is 0 Å². The van der Waals surface area contributed by atoms with Crippen molar-refractivity contribution in [1.29, 1.82) is 0 Å². The highest BCUT2D eigenvalue weighted by molar-refractivity contribution is 6.72. The van der Waals surface area contributed by atoms with Crippen LogP contribution in [0.15, 0.2) is 73.1 Å². The fourth-order valence-electron chi connectivity index (χ4n) is 5.69. The van der Waals surface area contributed by atoms with Gasteiger partial charge in [0.05, 0.1) is 13.2 Å². The summed E-state index contributed by atoms with van der Waals surface area (Å²) in [5.74, 6) is 0.532. The zero-order chi connectivity index (χ0) is 33.8. The average Bonchev–Trinajstić information content (AvgIpc) is 3.44. The van der Waals surface area contributed by atoms with E-state index in [1.54, 1.807) is 12.4 Å². The second-order valence-corrected chi connectivity index (χ2v) is 18.1. The Morgan fingerprint density at radius 1 is 1.00 bits per heavy atom. The van der Waals surface area contributed by atoms with Crippen molar-refractivity contribution in [2.45, 2.75) is 77.7 Å². The first-order valence-corrected chi connectivity index (χ1v) is 19.3. The van der Waals surface area contributed by atoms with Crippen LogP contribution in [0.1, 0.15) is 68.1 Å². The number of hydrogen-bond acceptors (Lipinski definition) is 7. The Kier molecular flexibility index (Phi) is 10.3. The molecular weight excluding hydrogens is 609 g/mol. The van der Waals surface area contributed by atoms with Crippen LogP contribution in [0.2, 0.25) is 18.1 Å². The fourth-order valence-corrected chi connectivity index (χ4v) is 6.48. The van der Waals surface area contributed by atoms with E-state index in [1.165, 1.54) is 6.92 Å². The molecule has 0 fully saturated rings. The lowest BCUT2D eigenvalue weighted by atomic mass is 9.98. The van der Waals surface area contributed by atoms with Crippen molar-refractivity contribution >= 4 is 20.2 Å². The second kappa shape index (κ2) is 14.2. The SMILES string of the molecule is CC(=O)OCC(C)c1ccc(COc2ccc(-c3c(-c4ccncc4)nn4c3C(=O)N(CCCC(C)(C)[Si](C)(C)O)CC4)cc2)cc1. The van der Waals surface area contributed by atoms with Gasteiger partial charge in [-0.1, -0.05) is 57.2 Å². The monoisotopic (exact) mass is 654 g/mol. The molecule has 5 rings (SSSR count). The predicted octanol–water partition coefficient (Wildman–Crippen LogP) is 7.07. The third-order valence-corrected chi connectivity index (χ3v) is 13.1. The maximum atomic E-state index is 14.0. The summed E-state index contributed by atoms with van der Waals surface area (Å²) < 4.78 is 13.1. The highest BCUT2D eigenvalue weighted by atomic mass is 28.4. The van der Waals surface area contributed by atoms with Crippen molar-refractivity contribution in [2.75, 3.05) is 19.7 Å². The van der Waals surface area contributed by atoms with E-state index in [-0.39, 0.29) is 22.8 Å². The quantitative estimate of drug-likeness (QED) is 0.121. The van der Waals surface area contributed by atoms with Gasteiger partial charge in [-0.3, -0.25) is 19.3 Å². The summed E-state index contributed by atoms with van der Waals surface area (Å²) in [5, 5.41) is 4.80. The van der Waals surface area contributed by atoms with Gasteiger partial charge in [-0.2, -0.15) is 5.10 Å². The van der Waals surface area contributed by atoms with Crippen LogP contribution in [0.5, 0.6) is 5.75 Å². The molecule has 0 aliphatic carbocycles. The Labute approximate surface area is 278 Å². The van der Waals surface area contributed by atoms with Gasteiger partial charge in [0.25, 0.3) is 5.91 Å². The second-order valence-electron chi connectivity index (χ2n) is 13.6. The lowest BCUT2D eigenvalue weighted by Gasteiger charge is -2.36. The third kappa shape index (κ3) is 8.00. The van der Waals surface area contributed by atoms with Crippen LogP contribution < -0.4 is 4.74 Å². The minimum Gasteiger partial charge on any atom is -0.489 e. The van der Waals surface area contributed by atoms with Gasteiger partial charge in [0.15, 0.2) is 8.32 Å². The van der Waals surface area contributed by atoms with Crippen LogP contribution in [0, 0.1) is 0 Å². The van der Waals surface area contributed by atoms with Crippen molar-refractivity contribution in [3.63, 3.8) is 0 Å². The van der Waals surface area contributed by atoms with Gasteiger partial charge >= 0.3 is 5.97 Å². The summed E-state index contributed by atoms with van der Waals surface area (Å²) in [6, 6.07) is 19.8. The minimum absolute atomic E-state index is 0.0247. The van der Waals surface area contributed by atoms with Crippen LogP contribution >= 0.6 is 0 Å². The molecule has 1 aliphatic heterocycles. The molecule has 1 amide bonds. The summed E-state index contributed by atoms with van der Waals surface area (Å²) >= 11 is 0. The fraction of sp³-hybridized carbons (Fsp3) is 0.405. The minimum atomic E-state index is -2.32. The molecule has 0 radical (unpaired) electrons. The van der Waals surface area contributed by atoms with Gasteiger partial charge < -0.3 is 19.2 Å². The summed E-state index contributed by atoms with van der Waals surface area (Å²) in [6.07, 6.45) is 5.17. The molecule has 47 heavy (non-hydrogen) atoms. The Hall–Kier alpha value is -4.28. The van der Waals surface area contributed by atoms with Gasteiger partial charge in [0.2, 0.25) is 0 Å². The van der Waals surface area contributed by atoms with Gasteiger partial charge in [0, 0.05) is 49.5 Å². The van der Waals surface area contributed by atoms with E-state index in [4.69, 9.17) is 14.6 Å². The molecule has 248 valence electrons. The molecule has 0 saturated carbocycles. The number of fused-ring (bicyclic) bond motifs is 1. The Morgan fingerprint density at radius 3 is 2.32 bits per heavy atom. The highest BCUT2D eigenvalue weighted by Gasteiger charge is 2.38. The molecule has 4 aromatic rings. The maximum absolute atomic E-state index is 14.0. The molecule has 1 N–H and O–H groups in total. The number of carbonyl (C=O) groups excluding carboxylic acids is 2. The molecule has 3 heterocycles. The van der Waals surface area contributed by atoms with Crippen molar-refractivity contribution in [2.24, 2.45) is 0 Å². The Balaban J connectivity index is 1.33. The summed E-state index contributed by atoms with van der Waals surface area (Å²) in [6.45, 7) is 14.3. The molecular formula is C37H46N4O5Si. The number of benzene rings is 2. The number of pyridine rings is 1. The first kappa shape index (κ1) is 34.1. The van der Waals surface area contributed by atoms with E-state index < -0.39 is 8.32 Å². The number of rotatable bonds is 13. The summed E-state index contributed by atoms with van der Waals surface area (Å²) in [4.78, 5) is 42.0. The van der Waals surface area contributed by atoms with Crippen LogP contribution in [-0.4, -0.2) is 64.4 Å². The first-order chi connectivity index (χ1) is 22.3. The van der Waals surface area contributed by atoms with E-state index in [9.17, 15) is 14.4 Å². The Morgan fingerprint density at radius 2 is 1.68 bits per heavy atom. The van der Waals surface area contributed by atoms with Crippen molar-refractivity contribution in [3.8, 4) is 28.1 Å². The van der Waals surface area contributed by atoms with Gasteiger partial charge in [-0.05, 0) is 71.9 Å². The van der Waals surface area contributed by atoms with Crippen LogP contribution in [-0.2, 0) is 22.7 Å². The summed E-state index contributed by atoms with van der Waals surface area (Å²) in [5.41, 5.74) is 6.07. The van der Waals surface area contributed by atoms with Crippen LogP contribution in [0.4, 0.5) is 0 Å². The molecule has 9 nitrogen and oxygen atoms in total. The number of nitrogens with zero attached hydrogens (tertiary/aromatic N) is 4. The van der Waals surface area contributed by atoms with Crippen LogP contribution in [0.25, 0.3) is 22.4 Å². The molecule has 0 saturated heterocycles. The van der Waals surface area contributed by atoms with E-state index in [1.807, 2.05) is 90.3 Å². The van der Waals surface area contributed by atoms with Gasteiger partial charge in [-0.15, -0.1) is 0 Å². The molecule has 0 spiro atoms. The number of amides is 1. The van der Waals surface area contributed by atoms with E-state index in [0.717, 1.165) is 52.1 Å². The predicted molar refractivity (Wildman–Crippen MR) is 186 cm³/mol. The molecule has 2 aromatic carbocycles.